The molecular weight excluding hydrogens is 505 g/mol. The molecule has 0 saturated carbocycles. The van der Waals surface area contributed by atoms with E-state index in [2.05, 4.69) is 27.8 Å². The van der Waals surface area contributed by atoms with E-state index in [9.17, 15) is 9.18 Å². The third-order valence-corrected chi connectivity index (χ3v) is 7.16. The van der Waals surface area contributed by atoms with Crippen LogP contribution in [-0.4, -0.2) is 58.6 Å². The molecule has 0 N–H and O–H groups in total. The number of anilines is 1. The molecule has 200 valence electrons. The van der Waals surface area contributed by atoms with Gasteiger partial charge in [-0.15, -0.1) is 0 Å². The van der Waals surface area contributed by atoms with Crippen molar-refractivity contribution in [2.24, 2.45) is 0 Å². The second-order valence-electron chi connectivity index (χ2n) is 9.57. The molecule has 1 fully saturated rings. The second kappa shape index (κ2) is 11.0. The number of benzene rings is 3. The number of hydrogen-bond donors (Lipinski definition) is 0. The number of halogens is 1. The Labute approximate surface area is 231 Å². The van der Waals surface area contributed by atoms with Gasteiger partial charge in [0.2, 0.25) is 5.91 Å². The Hall–Kier alpha value is -4.98. The fourth-order valence-corrected chi connectivity index (χ4v) is 5.06. The summed E-state index contributed by atoms with van der Waals surface area (Å²) in [5.74, 6) is 1.25. The maximum atomic E-state index is 13.2. The van der Waals surface area contributed by atoms with Crippen molar-refractivity contribution in [1.29, 1.82) is 0 Å². The van der Waals surface area contributed by atoms with Crippen LogP contribution in [0, 0.1) is 5.82 Å². The van der Waals surface area contributed by atoms with E-state index in [4.69, 9.17) is 14.7 Å². The largest absolute Gasteiger partial charge is 0.497 e. The Balaban J connectivity index is 1.30. The molecule has 3 heterocycles. The quantitative estimate of drug-likeness (QED) is 0.266. The molecule has 0 atom stereocenters. The van der Waals surface area contributed by atoms with Crippen LogP contribution in [0.4, 0.5) is 10.2 Å². The van der Waals surface area contributed by atoms with Gasteiger partial charge in [-0.05, 0) is 41.5 Å². The number of fused-ring (bicyclic) bond motifs is 1. The summed E-state index contributed by atoms with van der Waals surface area (Å²) >= 11 is 0. The molecule has 3 aromatic carbocycles. The highest BCUT2D eigenvalue weighted by atomic mass is 19.1. The van der Waals surface area contributed by atoms with Crippen molar-refractivity contribution in [2.45, 2.75) is 0 Å². The molecule has 1 amide bonds. The number of ether oxygens (including phenoxy) is 1. The maximum Gasteiger partial charge on any atom is 0.246 e. The smallest absolute Gasteiger partial charge is 0.246 e. The number of rotatable bonds is 6. The van der Waals surface area contributed by atoms with E-state index in [-0.39, 0.29) is 11.7 Å². The number of amides is 1. The van der Waals surface area contributed by atoms with Crippen LogP contribution >= 0.6 is 0 Å². The Morgan fingerprint density at radius 1 is 0.925 bits per heavy atom. The van der Waals surface area contributed by atoms with E-state index in [0.717, 1.165) is 45.0 Å². The lowest BCUT2D eigenvalue weighted by molar-refractivity contribution is -0.126. The third kappa shape index (κ3) is 5.03. The molecule has 8 heteroatoms. The van der Waals surface area contributed by atoms with Crippen LogP contribution in [0.1, 0.15) is 5.56 Å². The number of carbonyl (C=O) groups is 1. The van der Waals surface area contributed by atoms with Crippen molar-refractivity contribution in [2.75, 3.05) is 38.2 Å². The van der Waals surface area contributed by atoms with Crippen molar-refractivity contribution >= 4 is 28.8 Å². The van der Waals surface area contributed by atoms with E-state index in [1.54, 1.807) is 37.7 Å². The number of piperazine rings is 1. The van der Waals surface area contributed by atoms with Crippen LogP contribution in [0.3, 0.4) is 0 Å². The molecule has 1 aliphatic rings. The summed E-state index contributed by atoms with van der Waals surface area (Å²) in [6.07, 6.45) is 6.97. The zero-order valence-electron chi connectivity index (χ0n) is 22.1. The van der Waals surface area contributed by atoms with Crippen LogP contribution in [0.15, 0.2) is 97.5 Å². The molecule has 1 saturated heterocycles. The highest BCUT2D eigenvalue weighted by molar-refractivity contribution is 6.02. The zero-order valence-corrected chi connectivity index (χ0v) is 22.1. The molecule has 0 spiro atoms. The van der Waals surface area contributed by atoms with Crippen molar-refractivity contribution in [3.05, 3.63) is 109 Å². The Bertz CT molecular complexity index is 1670. The van der Waals surface area contributed by atoms with Crippen LogP contribution < -0.4 is 9.64 Å². The summed E-state index contributed by atoms with van der Waals surface area (Å²) < 4.78 is 20.7. The molecule has 2 aromatic heterocycles. The first-order chi connectivity index (χ1) is 19.6. The summed E-state index contributed by atoms with van der Waals surface area (Å²) in [6.45, 7) is 2.41. The van der Waals surface area contributed by atoms with Gasteiger partial charge in [0.05, 0.1) is 18.2 Å². The SMILES string of the molecule is COc1cccc(-n2cc(-c3ccccc3)c3c(N4CCN(C(=O)/C=C/c5ccc(F)cc5)CC4)ncnc32)c1. The molecule has 40 heavy (non-hydrogen) atoms. The van der Waals surface area contributed by atoms with Crippen molar-refractivity contribution in [1.82, 2.24) is 19.4 Å². The minimum Gasteiger partial charge on any atom is -0.497 e. The summed E-state index contributed by atoms with van der Waals surface area (Å²) in [4.78, 5) is 26.3. The zero-order chi connectivity index (χ0) is 27.5. The number of hydrogen-bond acceptors (Lipinski definition) is 5. The van der Waals surface area contributed by atoms with Gasteiger partial charge in [-0.25, -0.2) is 14.4 Å². The summed E-state index contributed by atoms with van der Waals surface area (Å²) in [7, 11) is 1.66. The van der Waals surface area contributed by atoms with Gasteiger partial charge >= 0.3 is 0 Å². The van der Waals surface area contributed by atoms with Gasteiger partial charge in [0.25, 0.3) is 0 Å². The van der Waals surface area contributed by atoms with Gasteiger partial charge in [-0.3, -0.25) is 4.79 Å². The lowest BCUT2D eigenvalue weighted by atomic mass is 10.1. The molecule has 0 bridgehead atoms. The minimum absolute atomic E-state index is 0.0639. The first kappa shape index (κ1) is 25.3. The van der Waals surface area contributed by atoms with E-state index >= 15 is 0 Å². The number of methoxy groups -OCH3 is 1. The molecule has 0 unspecified atom stereocenters. The fraction of sp³-hybridized carbons (Fsp3) is 0.156. The van der Waals surface area contributed by atoms with E-state index < -0.39 is 0 Å². The predicted molar refractivity (Wildman–Crippen MR) is 155 cm³/mol. The first-order valence-corrected chi connectivity index (χ1v) is 13.1. The third-order valence-electron chi connectivity index (χ3n) is 7.16. The van der Waals surface area contributed by atoms with Gasteiger partial charge in [-0.1, -0.05) is 48.5 Å². The fourth-order valence-electron chi connectivity index (χ4n) is 5.06. The molecule has 0 radical (unpaired) electrons. The molecular formula is C32H28FN5O2. The Morgan fingerprint density at radius 3 is 2.45 bits per heavy atom. The van der Waals surface area contributed by atoms with Gasteiger partial charge in [0.15, 0.2) is 5.65 Å². The van der Waals surface area contributed by atoms with E-state index in [0.29, 0.717) is 26.2 Å². The Morgan fingerprint density at radius 2 is 1.70 bits per heavy atom. The second-order valence-corrected chi connectivity index (χ2v) is 9.57. The highest BCUT2D eigenvalue weighted by Gasteiger charge is 2.25. The van der Waals surface area contributed by atoms with Crippen LogP contribution in [-0.2, 0) is 4.79 Å². The maximum absolute atomic E-state index is 13.2. The van der Waals surface area contributed by atoms with Crippen LogP contribution in [0.5, 0.6) is 5.75 Å². The number of aromatic nitrogens is 3. The average molecular weight is 534 g/mol. The molecule has 0 aliphatic carbocycles. The summed E-state index contributed by atoms with van der Waals surface area (Å²) in [6, 6.07) is 24.2. The predicted octanol–water partition coefficient (Wildman–Crippen LogP) is 5.60. The van der Waals surface area contributed by atoms with Gasteiger partial charge in [-0.2, -0.15) is 0 Å². The minimum atomic E-state index is -0.298. The van der Waals surface area contributed by atoms with Crippen LogP contribution in [0.2, 0.25) is 0 Å². The van der Waals surface area contributed by atoms with E-state index in [1.807, 2.05) is 47.4 Å². The van der Waals surface area contributed by atoms with Crippen LogP contribution in [0.25, 0.3) is 33.9 Å². The van der Waals surface area contributed by atoms with Crippen molar-refractivity contribution < 1.29 is 13.9 Å². The Kier molecular flexibility index (Phi) is 6.97. The standard InChI is InChI=1S/C32H28FN5O2/c1-40-27-9-5-8-26(20-27)38-21-28(24-6-3-2-4-7-24)30-31(34-22-35-32(30)38)37-18-16-36(17-19-37)29(39)15-12-23-10-13-25(33)14-11-23/h2-15,20-22H,16-19H2,1H3/b15-12+. The summed E-state index contributed by atoms with van der Waals surface area (Å²) in [5.41, 5.74) is 4.64. The van der Waals surface area contributed by atoms with Gasteiger partial charge < -0.3 is 19.1 Å². The topological polar surface area (TPSA) is 63.5 Å². The monoisotopic (exact) mass is 533 g/mol. The molecule has 6 rings (SSSR count). The average Bonchev–Trinajstić information content (AvgIpc) is 3.41. The molecule has 1 aliphatic heterocycles. The normalized spacial score (nSPS) is 13.8. The van der Waals surface area contributed by atoms with Crippen molar-refractivity contribution in [3.8, 4) is 22.6 Å². The lowest BCUT2D eigenvalue weighted by Gasteiger charge is -2.35. The highest BCUT2D eigenvalue weighted by Crippen LogP contribution is 2.37. The van der Waals surface area contributed by atoms with Gasteiger partial charge in [0, 0.05) is 50.1 Å². The number of carbonyl (C=O) groups excluding carboxylic acids is 1. The van der Waals surface area contributed by atoms with Crippen molar-refractivity contribution in [3.63, 3.8) is 0 Å². The van der Waals surface area contributed by atoms with Gasteiger partial charge in [0.1, 0.15) is 23.7 Å². The molecule has 5 aromatic rings. The molecule has 7 nitrogen and oxygen atoms in total. The lowest BCUT2D eigenvalue weighted by Crippen LogP contribution is -2.48. The van der Waals surface area contributed by atoms with E-state index in [1.165, 1.54) is 12.1 Å². The first-order valence-electron chi connectivity index (χ1n) is 13.1. The summed E-state index contributed by atoms with van der Waals surface area (Å²) in [5, 5.41) is 0.965. The number of nitrogens with zero attached hydrogens (tertiary/aromatic N) is 5.